The molecule has 1 aliphatic rings. The summed E-state index contributed by atoms with van der Waals surface area (Å²) in [6.45, 7) is 11.8. The molecule has 1 saturated heterocycles. The van der Waals surface area contributed by atoms with E-state index in [9.17, 15) is 14.0 Å². The van der Waals surface area contributed by atoms with Crippen LogP contribution in [0.5, 0.6) is 5.75 Å². The minimum absolute atomic E-state index is 0.141. The number of carbonyl (C=O) groups excluding carboxylic acids is 2. The number of pyridine rings is 1. The molecule has 8 nitrogen and oxygen atoms in total. The fraction of sp³-hybridized carbons (Fsp3) is 0.464. The van der Waals surface area contributed by atoms with Gasteiger partial charge in [0.15, 0.2) is 0 Å². The van der Waals surface area contributed by atoms with E-state index in [1.807, 2.05) is 32.9 Å². The highest BCUT2D eigenvalue weighted by molar-refractivity contribution is 5.99. The number of likely N-dealkylation sites (tertiary alicyclic amines) is 1. The number of ether oxygens (including phenoxy) is 3. The van der Waals surface area contributed by atoms with Crippen LogP contribution in [0, 0.1) is 5.82 Å². The third kappa shape index (κ3) is 5.70. The minimum atomic E-state index is -0.721. The molecule has 1 atom stereocenters. The summed E-state index contributed by atoms with van der Waals surface area (Å²) in [6, 6.07) is 8.05. The number of rotatable bonds is 3. The Morgan fingerprint density at radius 1 is 0.973 bits per heavy atom. The largest absolute Gasteiger partial charge is 0.496 e. The van der Waals surface area contributed by atoms with Gasteiger partial charge in [-0.05, 0) is 77.8 Å². The lowest BCUT2D eigenvalue weighted by Crippen LogP contribution is -2.35. The van der Waals surface area contributed by atoms with E-state index in [-0.39, 0.29) is 12.0 Å². The summed E-state index contributed by atoms with van der Waals surface area (Å²) in [5, 5.41) is 0.698. The zero-order chi connectivity index (χ0) is 27.1. The predicted molar refractivity (Wildman–Crippen MR) is 138 cm³/mol. The summed E-state index contributed by atoms with van der Waals surface area (Å²) >= 11 is 0. The average Bonchev–Trinajstić information content (AvgIpc) is 3.41. The maximum atomic E-state index is 13.9. The number of hydrogen-bond acceptors (Lipinski definition) is 6. The molecule has 9 heteroatoms. The van der Waals surface area contributed by atoms with Crippen molar-refractivity contribution in [3.63, 3.8) is 0 Å². The number of aromatic nitrogens is 2. The first kappa shape index (κ1) is 26.4. The smallest absolute Gasteiger partial charge is 0.420 e. The Labute approximate surface area is 216 Å². The van der Waals surface area contributed by atoms with Crippen LogP contribution in [0.15, 0.2) is 36.5 Å². The Balaban J connectivity index is 1.82. The Bertz CT molecular complexity index is 1340. The van der Waals surface area contributed by atoms with E-state index in [1.54, 1.807) is 37.9 Å². The highest BCUT2D eigenvalue weighted by atomic mass is 19.1. The number of halogens is 1. The Morgan fingerprint density at radius 3 is 2.30 bits per heavy atom. The van der Waals surface area contributed by atoms with E-state index >= 15 is 0 Å². The van der Waals surface area contributed by atoms with Crippen molar-refractivity contribution in [1.29, 1.82) is 0 Å². The lowest BCUT2D eigenvalue weighted by atomic mass is 10.0. The fourth-order valence-electron chi connectivity index (χ4n) is 4.53. The molecule has 4 rings (SSSR count). The van der Waals surface area contributed by atoms with Gasteiger partial charge in [0.25, 0.3) is 0 Å². The average molecular weight is 512 g/mol. The van der Waals surface area contributed by atoms with Crippen molar-refractivity contribution < 1.29 is 28.2 Å². The van der Waals surface area contributed by atoms with Crippen LogP contribution in [0.2, 0.25) is 0 Å². The molecule has 3 aromatic rings. The van der Waals surface area contributed by atoms with Crippen molar-refractivity contribution in [2.45, 2.75) is 65.1 Å². The summed E-state index contributed by atoms with van der Waals surface area (Å²) in [5.41, 5.74) is 1.20. The first-order valence-corrected chi connectivity index (χ1v) is 12.3. The molecule has 2 aromatic heterocycles. The monoisotopic (exact) mass is 511 g/mol. The number of benzene rings is 1. The van der Waals surface area contributed by atoms with E-state index in [0.29, 0.717) is 47.6 Å². The van der Waals surface area contributed by atoms with Crippen LogP contribution in [0.1, 0.15) is 59.6 Å². The summed E-state index contributed by atoms with van der Waals surface area (Å²) in [6.07, 6.45) is 1.31. The summed E-state index contributed by atoms with van der Waals surface area (Å²) in [7, 11) is 1.48. The molecular weight excluding hydrogens is 477 g/mol. The van der Waals surface area contributed by atoms with Crippen LogP contribution in [-0.4, -0.2) is 58.0 Å². The van der Waals surface area contributed by atoms with E-state index in [2.05, 4.69) is 4.98 Å². The molecule has 1 fully saturated rings. The number of carbonyl (C=O) groups is 2. The highest BCUT2D eigenvalue weighted by Crippen LogP contribution is 2.39. The molecular formula is C28H34FN3O5. The summed E-state index contributed by atoms with van der Waals surface area (Å²) in [4.78, 5) is 32.3. The van der Waals surface area contributed by atoms with Gasteiger partial charge in [0, 0.05) is 47.9 Å². The molecule has 1 unspecified atom stereocenters. The third-order valence-corrected chi connectivity index (χ3v) is 6.02. The molecule has 1 aromatic carbocycles. The van der Waals surface area contributed by atoms with E-state index < -0.39 is 23.1 Å². The van der Waals surface area contributed by atoms with Crippen molar-refractivity contribution >= 4 is 23.2 Å². The van der Waals surface area contributed by atoms with E-state index in [1.165, 1.54) is 23.8 Å². The second-order valence-corrected chi connectivity index (χ2v) is 11.2. The number of methoxy groups -OCH3 is 1. The van der Waals surface area contributed by atoms with Gasteiger partial charge in [-0.2, -0.15) is 0 Å². The van der Waals surface area contributed by atoms with Crippen LogP contribution in [0.4, 0.5) is 14.0 Å². The SMILES string of the molecule is COc1cc(F)ccc1-c1ccnc2c1cc(C1CCN(C(=O)OC(C)(C)C)C1)n2C(=O)OC(C)(C)C. The molecule has 3 heterocycles. The zero-order valence-electron chi connectivity index (χ0n) is 22.4. The second kappa shape index (κ2) is 9.68. The first-order valence-electron chi connectivity index (χ1n) is 12.3. The van der Waals surface area contributed by atoms with Gasteiger partial charge in [-0.15, -0.1) is 0 Å². The third-order valence-electron chi connectivity index (χ3n) is 6.02. The van der Waals surface area contributed by atoms with Crippen LogP contribution in [-0.2, 0) is 9.47 Å². The Hall–Kier alpha value is -3.62. The lowest BCUT2D eigenvalue weighted by molar-refractivity contribution is 0.0292. The van der Waals surface area contributed by atoms with Crippen LogP contribution >= 0.6 is 0 Å². The zero-order valence-corrected chi connectivity index (χ0v) is 22.4. The van der Waals surface area contributed by atoms with Crippen molar-refractivity contribution in [1.82, 2.24) is 14.5 Å². The normalized spacial score (nSPS) is 16.2. The first-order chi connectivity index (χ1) is 17.3. The second-order valence-electron chi connectivity index (χ2n) is 11.2. The minimum Gasteiger partial charge on any atom is -0.496 e. The lowest BCUT2D eigenvalue weighted by Gasteiger charge is -2.24. The van der Waals surface area contributed by atoms with Gasteiger partial charge in [0.1, 0.15) is 28.4 Å². The van der Waals surface area contributed by atoms with Crippen molar-refractivity contribution in [3.8, 4) is 16.9 Å². The molecule has 0 radical (unpaired) electrons. The van der Waals surface area contributed by atoms with Gasteiger partial charge in [0.2, 0.25) is 0 Å². The fourth-order valence-corrected chi connectivity index (χ4v) is 4.53. The van der Waals surface area contributed by atoms with Gasteiger partial charge in [-0.25, -0.2) is 23.5 Å². The summed E-state index contributed by atoms with van der Waals surface area (Å²) in [5.74, 6) is -0.181. The molecule has 0 spiro atoms. The van der Waals surface area contributed by atoms with Gasteiger partial charge < -0.3 is 19.1 Å². The molecule has 0 aliphatic carbocycles. The number of fused-ring (bicyclic) bond motifs is 1. The standard InChI is InChI=1S/C28H34FN3O5/c1-27(2,3)36-25(33)31-13-11-17(16-31)22-15-21-19(20-9-8-18(29)14-23(20)35-7)10-12-30-24(21)32(22)26(34)37-28(4,5)6/h8-10,12,14-15,17H,11,13,16H2,1-7H3. The Morgan fingerprint density at radius 2 is 1.65 bits per heavy atom. The van der Waals surface area contributed by atoms with Crippen LogP contribution in [0.3, 0.4) is 0 Å². The number of nitrogens with zero attached hydrogens (tertiary/aromatic N) is 3. The number of hydrogen-bond donors (Lipinski definition) is 0. The quantitative estimate of drug-likeness (QED) is 0.407. The molecule has 1 aliphatic heterocycles. The molecule has 0 N–H and O–H groups in total. The van der Waals surface area contributed by atoms with Gasteiger partial charge in [-0.3, -0.25) is 0 Å². The highest BCUT2D eigenvalue weighted by Gasteiger charge is 2.35. The molecule has 1 amide bonds. The maximum absolute atomic E-state index is 13.9. The van der Waals surface area contributed by atoms with Gasteiger partial charge in [-0.1, -0.05) is 0 Å². The van der Waals surface area contributed by atoms with Crippen LogP contribution < -0.4 is 4.74 Å². The van der Waals surface area contributed by atoms with Gasteiger partial charge in [0.05, 0.1) is 7.11 Å². The van der Waals surface area contributed by atoms with E-state index in [0.717, 1.165) is 5.56 Å². The topological polar surface area (TPSA) is 82.9 Å². The Kier molecular flexibility index (Phi) is 6.92. The molecule has 198 valence electrons. The number of amides is 1. The maximum Gasteiger partial charge on any atom is 0.420 e. The van der Waals surface area contributed by atoms with E-state index in [4.69, 9.17) is 14.2 Å². The van der Waals surface area contributed by atoms with Crippen molar-refractivity contribution in [2.24, 2.45) is 0 Å². The molecule has 37 heavy (non-hydrogen) atoms. The predicted octanol–water partition coefficient (Wildman–Crippen LogP) is 6.36. The van der Waals surface area contributed by atoms with Crippen molar-refractivity contribution in [2.75, 3.05) is 20.2 Å². The van der Waals surface area contributed by atoms with Crippen molar-refractivity contribution in [3.05, 3.63) is 48.0 Å². The van der Waals surface area contributed by atoms with Gasteiger partial charge >= 0.3 is 12.2 Å². The van der Waals surface area contributed by atoms with Crippen LogP contribution in [0.25, 0.3) is 22.2 Å². The summed E-state index contributed by atoms with van der Waals surface area (Å²) < 4.78 is 32.1. The molecule has 0 bridgehead atoms. The molecule has 0 saturated carbocycles.